The number of benzene rings is 1. The first kappa shape index (κ1) is 22.5. The van der Waals surface area contributed by atoms with E-state index in [1.807, 2.05) is 24.3 Å². The molecule has 0 spiro atoms. The Morgan fingerprint density at radius 2 is 1.93 bits per heavy atom. The van der Waals surface area contributed by atoms with Gasteiger partial charge in [0.2, 0.25) is 11.8 Å². The Bertz CT molecular complexity index is 813. The van der Waals surface area contributed by atoms with Crippen molar-refractivity contribution in [2.75, 3.05) is 33.9 Å². The molecule has 6 heteroatoms. The quantitative estimate of drug-likeness (QED) is 0.460. The Kier molecular flexibility index (Phi) is 8.05. The van der Waals surface area contributed by atoms with Gasteiger partial charge in [0.1, 0.15) is 5.75 Å². The Hall–Kier alpha value is -2.18. The minimum atomic E-state index is 0.441. The van der Waals surface area contributed by atoms with E-state index in [4.69, 9.17) is 13.9 Å². The van der Waals surface area contributed by atoms with Crippen LogP contribution in [0.15, 0.2) is 40.3 Å². The van der Waals surface area contributed by atoms with Gasteiger partial charge in [-0.25, -0.2) is 0 Å². The lowest BCUT2D eigenvalue weighted by atomic mass is 9.70. The number of rotatable bonds is 10. The molecule has 6 nitrogen and oxygen atoms in total. The van der Waals surface area contributed by atoms with Crippen molar-refractivity contribution in [1.82, 2.24) is 15.5 Å². The van der Waals surface area contributed by atoms with E-state index in [0.717, 1.165) is 43.9 Å². The number of methoxy groups -OCH3 is 2. The molecule has 0 aliphatic heterocycles. The topological polar surface area (TPSA) is 69.4 Å². The summed E-state index contributed by atoms with van der Waals surface area (Å²) in [6.07, 6.45) is 4.40. The standard InChI is InChI=1S/C24H35N3O3/c1-16(2)22-13-19(17(3)12-20(22)15-25-10-11-28-4)14-23-26-27-24(30-23)18-6-8-21(29-5)9-7-18/h6-9,12,16,19-20,22,25H,10-11,13-15H2,1-5H3/t19-,20-,22-/m0/s1. The van der Waals surface area contributed by atoms with Crippen LogP contribution in [0.1, 0.15) is 33.1 Å². The SMILES string of the molecule is COCCNC[C@@H]1C=C(C)[C@H](Cc2nnc(-c3ccc(OC)cc3)o2)C[C@H]1C(C)C. The third-order valence-corrected chi connectivity index (χ3v) is 6.17. The predicted molar refractivity (Wildman–Crippen MR) is 118 cm³/mol. The van der Waals surface area contributed by atoms with Crippen molar-refractivity contribution < 1.29 is 13.9 Å². The molecule has 2 aromatic rings. The van der Waals surface area contributed by atoms with Crippen LogP contribution in [0.25, 0.3) is 11.5 Å². The van der Waals surface area contributed by atoms with Crippen molar-refractivity contribution in [3.05, 3.63) is 41.8 Å². The highest BCUT2D eigenvalue weighted by Crippen LogP contribution is 2.38. The van der Waals surface area contributed by atoms with E-state index in [2.05, 4.69) is 42.4 Å². The fourth-order valence-electron chi connectivity index (χ4n) is 4.35. The molecular formula is C24H35N3O3. The van der Waals surface area contributed by atoms with Crippen molar-refractivity contribution in [2.45, 2.75) is 33.6 Å². The molecule has 1 N–H and O–H groups in total. The minimum Gasteiger partial charge on any atom is -0.497 e. The zero-order chi connectivity index (χ0) is 21.5. The molecule has 0 unspecified atom stereocenters. The molecule has 3 rings (SSSR count). The molecule has 0 fully saturated rings. The average molecular weight is 414 g/mol. The van der Waals surface area contributed by atoms with E-state index in [9.17, 15) is 0 Å². The van der Waals surface area contributed by atoms with Crippen LogP contribution < -0.4 is 10.1 Å². The number of ether oxygens (including phenoxy) is 2. The van der Waals surface area contributed by atoms with Gasteiger partial charge in [-0.3, -0.25) is 0 Å². The van der Waals surface area contributed by atoms with Crippen LogP contribution >= 0.6 is 0 Å². The van der Waals surface area contributed by atoms with Crippen LogP contribution in [0.2, 0.25) is 0 Å². The van der Waals surface area contributed by atoms with Crippen molar-refractivity contribution >= 4 is 0 Å². The molecule has 1 aliphatic carbocycles. The lowest BCUT2D eigenvalue weighted by molar-refractivity contribution is 0.188. The van der Waals surface area contributed by atoms with E-state index in [-0.39, 0.29) is 0 Å². The third-order valence-electron chi connectivity index (χ3n) is 6.17. The van der Waals surface area contributed by atoms with E-state index in [0.29, 0.717) is 35.5 Å². The van der Waals surface area contributed by atoms with Gasteiger partial charge in [-0.15, -0.1) is 10.2 Å². The van der Waals surface area contributed by atoms with Gasteiger partial charge in [0, 0.05) is 32.2 Å². The number of nitrogens with one attached hydrogen (secondary N) is 1. The maximum atomic E-state index is 5.99. The average Bonchev–Trinajstić information content (AvgIpc) is 3.21. The molecule has 0 amide bonds. The van der Waals surface area contributed by atoms with Crippen LogP contribution in [-0.2, 0) is 11.2 Å². The summed E-state index contributed by atoms with van der Waals surface area (Å²) in [6.45, 7) is 9.53. The number of allylic oxidation sites excluding steroid dienone is 1. The Labute approximate surface area is 180 Å². The van der Waals surface area contributed by atoms with Gasteiger partial charge in [-0.05, 0) is 61.3 Å². The summed E-state index contributed by atoms with van der Waals surface area (Å²) < 4.78 is 16.4. The molecule has 1 heterocycles. The highest BCUT2D eigenvalue weighted by Gasteiger charge is 2.32. The van der Waals surface area contributed by atoms with Crippen LogP contribution in [0.4, 0.5) is 0 Å². The monoisotopic (exact) mass is 413 g/mol. The lowest BCUT2D eigenvalue weighted by Crippen LogP contribution is -2.35. The third kappa shape index (κ3) is 5.70. The first-order chi connectivity index (χ1) is 14.5. The number of aromatic nitrogens is 2. The summed E-state index contributed by atoms with van der Waals surface area (Å²) >= 11 is 0. The molecule has 0 radical (unpaired) electrons. The van der Waals surface area contributed by atoms with Crippen molar-refractivity contribution in [1.29, 1.82) is 0 Å². The van der Waals surface area contributed by atoms with Gasteiger partial charge < -0.3 is 19.2 Å². The van der Waals surface area contributed by atoms with Crippen LogP contribution in [-0.4, -0.2) is 44.1 Å². The maximum absolute atomic E-state index is 5.99. The molecule has 30 heavy (non-hydrogen) atoms. The molecule has 1 aromatic heterocycles. The number of nitrogens with zero attached hydrogens (tertiary/aromatic N) is 2. The minimum absolute atomic E-state index is 0.441. The van der Waals surface area contributed by atoms with Crippen LogP contribution in [0, 0.1) is 23.7 Å². The summed E-state index contributed by atoms with van der Waals surface area (Å²) in [5.41, 5.74) is 2.34. The first-order valence-electron chi connectivity index (χ1n) is 10.9. The molecule has 0 saturated carbocycles. The van der Waals surface area contributed by atoms with Gasteiger partial charge in [0.25, 0.3) is 0 Å². The van der Waals surface area contributed by atoms with Crippen molar-refractivity contribution in [2.24, 2.45) is 23.7 Å². The molecule has 0 saturated heterocycles. The smallest absolute Gasteiger partial charge is 0.247 e. The van der Waals surface area contributed by atoms with E-state index >= 15 is 0 Å². The number of hydrogen-bond acceptors (Lipinski definition) is 6. The fourth-order valence-corrected chi connectivity index (χ4v) is 4.35. The summed E-state index contributed by atoms with van der Waals surface area (Å²) in [7, 11) is 3.40. The highest BCUT2D eigenvalue weighted by molar-refractivity contribution is 5.53. The van der Waals surface area contributed by atoms with Crippen molar-refractivity contribution in [3.8, 4) is 17.2 Å². The van der Waals surface area contributed by atoms with Gasteiger partial charge in [0.05, 0.1) is 13.7 Å². The van der Waals surface area contributed by atoms with Crippen LogP contribution in [0.5, 0.6) is 5.75 Å². The molecule has 1 aliphatic rings. The lowest BCUT2D eigenvalue weighted by Gasteiger charge is -2.37. The first-order valence-corrected chi connectivity index (χ1v) is 10.9. The number of hydrogen-bond donors (Lipinski definition) is 1. The molecular weight excluding hydrogens is 378 g/mol. The Morgan fingerprint density at radius 1 is 1.17 bits per heavy atom. The van der Waals surface area contributed by atoms with Gasteiger partial charge >= 0.3 is 0 Å². The van der Waals surface area contributed by atoms with E-state index in [1.54, 1.807) is 14.2 Å². The van der Waals surface area contributed by atoms with Crippen LogP contribution in [0.3, 0.4) is 0 Å². The Morgan fingerprint density at radius 3 is 2.60 bits per heavy atom. The second-order valence-electron chi connectivity index (χ2n) is 8.55. The molecule has 164 valence electrons. The molecule has 3 atom stereocenters. The Balaban J connectivity index is 1.66. The summed E-state index contributed by atoms with van der Waals surface area (Å²) in [6, 6.07) is 7.69. The highest BCUT2D eigenvalue weighted by atomic mass is 16.5. The van der Waals surface area contributed by atoms with Gasteiger partial charge in [-0.1, -0.05) is 25.5 Å². The van der Waals surface area contributed by atoms with Gasteiger partial charge in [-0.2, -0.15) is 0 Å². The van der Waals surface area contributed by atoms with Crippen molar-refractivity contribution in [3.63, 3.8) is 0 Å². The van der Waals surface area contributed by atoms with E-state index < -0.39 is 0 Å². The second-order valence-corrected chi connectivity index (χ2v) is 8.55. The van der Waals surface area contributed by atoms with Gasteiger partial charge in [0.15, 0.2) is 0 Å². The van der Waals surface area contributed by atoms with E-state index in [1.165, 1.54) is 5.57 Å². The normalized spacial score (nSPS) is 21.7. The zero-order valence-corrected chi connectivity index (χ0v) is 18.9. The fraction of sp³-hybridized carbons (Fsp3) is 0.583. The molecule has 0 bridgehead atoms. The molecule has 1 aromatic carbocycles. The predicted octanol–water partition coefficient (Wildman–Crippen LogP) is 4.38. The summed E-state index contributed by atoms with van der Waals surface area (Å²) in [4.78, 5) is 0. The maximum Gasteiger partial charge on any atom is 0.247 e. The summed E-state index contributed by atoms with van der Waals surface area (Å²) in [5.74, 6) is 4.34. The second kappa shape index (κ2) is 10.7. The zero-order valence-electron chi connectivity index (χ0n) is 18.9. The largest absolute Gasteiger partial charge is 0.497 e. The summed E-state index contributed by atoms with van der Waals surface area (Å²) in [5, 5.41) is 12.1.